The van der Waals surface area contributed by atoms with Gasteiger partial charge in [-0.25, -0.2) is 4.79 Å². The van der Waals surface area contributed by atoms with E-state index in [1.165, 1.54) is 18.2 Å². The van der Waals surface area contributed by atoms with Gasteiger partial charge in [0, 0.05) is 27.9 Å². The van der Waals surface area contributed by atoms with Crippen LogP contribution in [-0.4, -0.2) is 32.5 Å². The molecule has 3 N–H and O–H groups in total. The van der Waals surface area contributed by atoms with E-state index in [9.17, 15) is 14.4 Å². The molecule has 0 saturated carbocycles. The number of nitrogens with zero attached hydrogens (tertiary/aromatic N) is 3. The molecule has 0 amide bonds. The number of nitrogen functional groups attached to an aromatic ring is 1. The lowest BCUT2D eigenvalue weighted by atomic mass is 9.82. The fourth-order valence-electron chi connectivity index (χ4n) is 3.73. The molecule has 0 radical (unpaired) electrons. The Morgan fingerprint density at radius 2 is 1.47 bits per heavy atom. The highest BCUT2D eigenvalue weighted by molar-refractivity contribution is 6.30. The number of carbonyl (C=O) groups is 3. The van der Waals surface area contributed by atoms with Crippen LogP contribution in [0.3, 0.4) is 0 Å². The summed E-state index contributed by atoms with van der Waals surface area (Å²) in [6.07, 6.45) is 0. The first-order valence-corrected chi connectivity index (χ1v) is 10.3. The number of carbonyl (C=O) groups excluding carboxylic acids is 3. The van der Waals surface area contributed by atoms with Crippen molar-refractivity contribution < 1.29 is 19.1 Å². The van der Waals surface area contributed by atoms with Gasteiger partial charge >= 0.3 is 5.97 Å². The first kappa shape index (κ1) is 21.0. The molecule has 0 fully saturated rings. The molecule has 1 heterocycles. The standard InChI is InChI=1S/C25H17N5O4/c26-24-28-19(29-25(30-24)27-14-7-2-1-3-8-14)13-34-23(33)18-12-6-11-17-20(18)22(32)16-10-5-4-9-15(16)21(17)31/h1-12H,13H2,(H3,26,27,28,29,30). The Bertz CT molecular complexity index is 1450. The van der Waals surface area contributed by atoms with Gasteiger partial charge in [0.25, 0.3) is 0 Å². The van der Waals surface area contributed by atoms with Crippen molar-refractivity contribution in [2.75, 3.05) is 11.1 Å². The summed E-state index contributed by atoms with van der Waals surface area (Å²) >= 11 is 0. The topological polar surface area (TPSA) is 137 Å². The molecule has 9 heteroatoms. The number of aromatic nitrogens is 3. The summed E-state index contributed by atoms with van der Waals surface area (Å²) < 4.78 is 5.37. The summed E-state index contributed by atoms with van der Waals surface area (Å²) in [5, 5.41) is 3.00. The molecule has 1 aliphatic rings. The summed E-state index contributed by atoms with van der Waals surface area (Å²) in [7, 11) is 0. The second kappa shape index (κ2) is 8.55. The normalized spacial score (nSPS) is 12.0. The van der Waals surface area contributed by atoms with E-state index < -0.39 is 11.8 Å². The summed E-state index contributed by atoms with van der Waals surface area (Å²) in [6.45, 7) is -0.308. The van der Waals surface area contributed by atoms with Crippen LogP contribution in [0.2, 0.25) is 0 Å². The summed E-state index contributed by atoms with van der Waals surface area (Å²) in [5.41, 5.74) is 7.27. The zero-order valence-corrected chi connectivity index (χ0v) is 17.7. The fraction of sp³-hybridized carbons (Fsp3) is 0.0400. The third-order valence-corrected chi connectivity index (χ3v) is 5.23. The number of ether oxygens (including phenoxy) is 1. The molecule has 0 spiro atoms. The van der Waals surface area contributed by atoms with Crippen molar-refractivity contribution in [2.45, 2.75) is 6.61 Å². The number of hydrogen-bond acceptors (Lipinski definition) is 9. The Morgan fingerprint density at radius 3 is 2.24 bits per heavy atom. The summed E-state index contributed by atoms with van der Waals surface area (Å²) in [6, 6.07) is 20.3. The van der Waals surface area contributed by atoms with Gasteiger partial charge in [0.2, 0.25) is 11.9 Å². The lowest BCUT2D eigenvalue weighted by Gasteiger charge is -2.19. The molecule has 3 aromatic carbocycles. The zero-order chi connectivity index (χ0) is 23.7. The molecule has 0 unspecified atom stereocenters. The van der Waals surface area contributed by atoms with Crippen LogP contribution < -0.4 is 11.1 Å². The minimum Gasteiger partial charge on any atom is -0.454 e. The number of fused-ring (bicyclic) bond motifs is 2. The number of rotatable bonds is 5. The molecule has 166 valence electrons. The number of ketones is 2. The number of nitrogens with two attached hydrogens (primary N) is 1. The van der Waals surface area contributed by atoms with Crippen molar-refractivity contribution in [3.8, 4) is 0 Å². The molecule has 0 bridgehead atoms. The van der Waals surface area contributed by atoms with Crippen LogP contribution in [-0.2, 0) is 11.3 Å². The van der Waals surface area contributed by atoms with Gasteiger partial charge in [-0.1, -0.05) is 54.6 Å². The highest BCUT2D eigenvalue weighted by Gasteiger charge is 2.33. The second-order valence-corrected chi connectivity index (χ2v) is 7.43. The predicted molar refractivity (Wildman–Crippen MR) is 123 cm³/mol. The van der Waals surface area contributed by atoms with Crippen molar-refractivity contribution in [2.24, 2.45) is 0 Å². The van der Waals surface area contributed by atoms with Crippen molar-refractivity contribution in [1.29, 1.82) is 0 Å². The van der Waals surface area contributed by atoms with E-state index in [1.807, 2.05) is 30.3 Å². The van der Waals surface area contributed by atoms with Crippen LogP contribution in [0.15, 0.2) is 72.8 Å². The maximum atomic E-state index is 13.1. The van der Waals surface area contributed by atoms with Gasteiger partial charge in [-0.05, 0) is 18.2 Å². The third-order valence-electron chi connectivity index (χ3n) is 5.23. The molecule has 5 rings (SSSR count). The van der Waals surface area contributed by atoms with Crippen LogP contribution in [0.5, 0.6) is 0 Å². The molecule has 0 aliphatic heterocycles. The van der Waals surface area contributed by atoms with E-state index in [1.54, 1.807) is 24.3 Å². The maximum Gasteiger partial charge on any atom is 0.339 e. The van der Waals surface area contributed by atoms with Crippen LogP contribution in [0.4, 0.5) is 17.6 Å². The molecular formula is C25H17N5O4. The predicted octanol–water partition coefficient (Wildman–Crippen LogP) is 3.33. The zero-order valence-electron chi connectivity index (χ0n) is 17.7. The van der Waals surface area contributed by atoms with Crippen molar-refractivity contribution in [1.82, 2.24) is 15.0 Å². The number of hydrogen-bond donors (Lipinski definition) is 2. The molecular weight excluding hydrogens is 434 g/mol. The highest BCUT2D eigenvalue weighted by Crippen LogP contribution is 2.30. The quantitative estimate of drug-likeness (QED) is 0.385. The van der Waals surface area contributed by atoms with Gasteiger partial charge in [0.05, 0.1) is 5.56 Å². The number of anilines is 3. The first-order valence-electron chi connectivity index (χ1n) is 10.3. The molecule has 1 aliphatic carbocycles. The first-order chi connectivity index (χ1) is 16.5. The van der Waals surface area contributed by atoms with Gasteiger partial charge in [0.15, 0.2) is 24.0 Å². The van der Waals surface area contributed by atoms with Gasteiger partial charge in [-0.2, -0.15) is 15.0 Å². The molecule has 0 atom stereocenters. The lowest BCUT2D eigenvalue weighted by Crippen LogP contribution is -2.24. The molecule has 9 nitrogen and oxygen atoms in total. The summed E-state index contributed by atoms with van der Waals surface area (Å²) in [5.74, 6) is -1.24. The Morgan fingerprint density at radius 1 is 0.794 bits per heavy atom. The van der Waals surface area contributed by atoms with Crippen molar-refractivity contribution in [3.63, 3.8) is 0 Å². The van der Waals surface area contributed by atoms with Crippen molar-refractivity contribution in [3.05, 3.63) is 106 Å². The van der Waals surface area contributed by atoms with Gasteiger partial charge in [-0.15, -0.1) is 0 Å². The highest BCUT2D eigenvalue weighted by atomic mass is 16.5. The fourth-order valence-corrected chi connectivity index (χ4v) is 3.73. The maximum absolute atomic E-state index is 13.1. The molecule has 0 saturated heterocycles. The van der Waals surface area contributed by atoms with Gasteiger partial charge in [0.1, 0.15) is 0 Å². The average molecular weight is 451 g/mol. The Labute approximate surface area is 193 Å². The van der Waals surface area contributed by atoms with E-state index >= 15 is 0 Å². The van der Waals surface area contributed by atoms with E-state index in [0.717, 1.165) is 5.69 Å². The van der Waals surface area contributed by atoms with Crippen molar-refractivity contribution >= 4 is 35.1 Å². The Kier molecular flexibility index (Phi) is 5.27. The van der Waals surface area contributed by atoms with E-state index in [4.69, 9.17) is 10.5 Å². The minimum absolute atomic E-state index is 0.00462. The smallest absolute Gasteiger partial charge is 0.339 e. The number of benzene rings is 3. The number of para-hydroxylation sites is 1. The SMILES string of the molecule is Nc1nc(COC(=O)c2cccc3c2C(=O)c2ccccc2C3=O)nc(Nc2ccccc2)n1. The average Bonchev–Trinajstić information content (AvgIpc) is 2.85. The molecule has 4 aromatic rings. The Hall–Kier alpha value is -4.92. The van der Waals surface area contributed by atoms with Crippen LogP contribution in [0, 0.1) is 0 Å². The Balaban J connectivity index is 1.38. The third kappa shape index (κ3) is 3.86. The van der Waals surface area contributed by atoms with Gasteiger partial charge < -0.3 is 15.8 Å². The number of esters is 1. The van der Waals surface area contributed by atoms with Crippen LogP contribution >= 0.6 is 0 Å². The monoisotopic (exact) mass is 451 g/mol. The lowest BCUT2D eigenvalue weighted by molar-refractivity contribution is 0.0459. The van der Waals surface area contributed by atoms with E-state index in [-0.39, 0.29) is 52.4 Å². The van der Waals surface area contributed by atoms with E-state index in [0.29, 0.717) is 5.56 Å². The largest absolute Gasteiger partial charge is 0.454 e. The minimum atomic E-state index is -0.783. The molecule has 34 heavy (non-hydrogen) atoms. The van der Waals surface area contributed by atoms with Gasteiger partial charge in [-0.3, -0.25) is 9.59 Å². The van der Waals surface area contributed by atoms with E-state index in [2.05, 4.69) is 20.3 Å². The molecule has 1 aromatic heterocycles. The number of nitrogens with one attached hydrogen (secondary N) is 1. The summed E-state index contributed by atoms with van der Waals surface area (Å²) in [4.78, 5) is 51.2. The van der Waals surface area contributed by atoms with Crippen LogP contribution in [0.1, 0.15) is 48.0 Å². The second-order valence-electron chi connectivity index (χ2n) is 7.43. The van der Waals surface area contributed by atoms with Crippen LogP contribution in [0.25, 0.3) is 0 Å².